The average Bonchev–Trinajstić information content (AvgIpc) is 2.34. The molecule has 0 atom stereocenters. The van der Waals surface area contributed by atoms with Gasteiger partial charge in [0, 0.05) is 10.7 Å². The molecule has 0 aliphatic heterocycles. The van der Waals surface area contributed by atoms with Crippen molar-refractivity contribution >= 4 is 32.7 Å². The summed E-state index contributed by atoms with van der Waals surface area (Å²) >= 11 is 3.32. The van der Waals surface area contributed by atoms with Crippen molar-refractivity contribution in [3.05, 3.63) is 16.9 Å². The maximum absolute atomic E-state index is 5.58. The highest BCUT2D eigenvalue weighted by atomic mass is 79.9. The van der Waals surface area contributed by atoms with Crippen LogP contribution in [0.15, 0.2) is 16.9 Å². The van der Waals surface area contributed by atoms with Crippen LogP contribution in [0.2, 0.25) is 0 Å². The lowest BCUT2D eigenvalue weighted by Gasteiger charge is -1.90. The summed E-state index contributed by atoms with van der Waals surface area (Å²) in [6.45, 7) is 0. The molecule has 0 saturated carbocycles. The average molecular weight is 213 g/mol. The molecule has 0 aliphatic rings. The van der Waals surface area contributed by atoms with Crippen LogP contribution in [0.3, 0.4) is 0 Å². The molecule has 56 valence electrons. The molecular formula is C6H5BrN4. The van der Waals surface area contributed by atoms with Gasteiger partial charge in [-0.2, -0.15) is 5.10 Å². The monoisotopic (exact) mass is 212 g/mol. The van der Waals surface area contributed by atoms with Crippen LogP contribution in [0, 0.1) is 0 Å². The maximum atomic E-state index is 5.58. The third-order valence-electron chi connectivity index (χ3n) is 1.45. The molecule has 0 aliphatic carbocycles. The summed E-state index contributed by atoms with van der Waals surface area (Å²) < 4.78 is 0.862. The quantitative estimate of drug-likeness (QED) is 0.692. The minimum Gasteiger partial charge on any atom is -0.382 e. The van der Waals surface area contributed by atoms with Gasteiger partial charge in [0.25, 0.3) is 0 Å². The predicted octanol–water partition coefficient (Wildman–Crippen LogP) is 1.30. The largest absolute Gasteiger partial charge is 0.382 e. The zero-order valence-electron chi connectivity index (χ0n) is 5.50. The summed E-state index contributed by atoms with van der Waals surface area (Å²) in [5.74, 6) is 0.495. The van der Waals surface area contributed by atoms with Gasteiger partial charge >= 0.3 is 0 Å². The second-order valence-corrected chi connectivity index (χ2v) is 3.01. The Labute approximate surface area is 70.9 Å². The van der Waals surface area contributed by atoms with Crippen molar-refractivity contribution < 1.29 is 0 Å². The lowest BCUT2D eigenvalue weighted by molar-refractivity contribution is 1.12. The highest BCUT2D eigenvalue weighted by Gasteiger charge is 2.04. The van der Waals surface area contributed by atoms with Crippen LogP contribution in [0.1, 0.15) is 0 Å². The standard InChI is InChI=1S/C6H5BrN4/c7-3-1-9-2-4-5(3)6(8)11-10-4/h1-2H,(H3,8,10,11). The molecule has 4 nitrogen and oxygen atoms in total. The van der Waals surface area contributed by atoms with E-state index >= 15 is 0 Å². The first-order valence-corrected chi connectivity index (χ1v) is 3.81. The molecule has 2 rings (SSSR count). The minimum absolute atomic E-state index is 0.495. The molecule has 0 fully saturated rings. The molecule has 2 aromatic rings. The molecule has 11 heavy (non-hydrogen) atoms. The number of H-pyrrole nitrogens is 1. The Bertz CT molecular complexity index is 394. The van der Waals surface area contributed by atoms with Crippen LogP contribution < -0.4 is 5.73 Å². The molecule has 5 heteroatoms. The van der Waals surface area contributed by atoms with Crippen molar-refractivity contribution in [3.8, 4) is 0 Å². The van der Waals surface area contributed by atoms with Crippen molar-refractivity contribution in [2.45, 2.75) is 0 Å². The fourth-order valence-corrected chi connectivity index (χ4v) is 1.49. The highest BCUT2D eigenvalue weighted by molar-refractivity contribution is 9.10. The number of hydrogen-bond acceptors (Lipinski definition) is 3. The fourth-order valence-electron chi connectivity index (χ4n) is 0.956. The van der Waals surface area contributed by atoms with Crippen molar-refractivity contribution in [3.63, 3.8) is 0 Å². The number of hydrogen-bond donors (Lipinski definition) is 2. The van der Waals surface area contributed by atoms with E-state index in [-0.39, 0.29) is 0 Å². The molecule has 2 aromatic heterocycles. The van der Waals surface area contributed by atoms with Crippen LogP contribution in [-0.2, 0) is 0 Å². The molecule has 0 spiro atoms. The molecule has 2 heterocycles. The van der Waals surface area contributed by atoms with Gasteiger partial charge in [0.05, 0.1) is 17.1 Å². The summed E-state index contributed by atoms with van der Waals surface area (Å²) in [5, 5.41) is 7.49. The van der Waals surface area contributed by atoms with E-state index in [1.165, 1.54) is 0 Å². The smallest absolute Gasteiger partial charge is 0.154 e. The van der Waals surface area contributed by atoms with Crippen molar-refractivity contribution in [2.24, 2.45) is 0 Å². The maximum Gasteiger partial charge on any atom is 0.154 e. The molecule has 0 aromatic carbocycles. The summed E-state index contributed by atoms with van der Waals surface area (Å²) in [6, 6.07) is 0. The number of aromatic nitrogens is 3. The molecular weight excluding hydrogens is 208 g/mol. The third kappa shape index (κ3) is 0.883. The van der Waals surface area contributed by atoms with E-state index in [0.29, 0.717) is 5.82 Å². The Balaban J connectivity index is 2.96. The van der Waals surface area contributed by atoms with Gasteiger partial charge in [0.1, 0.15) is 0 Å². The number of rotatable bonds is 0. The minimum atomic E-state index is 0.495. The number of nitrogen functional groups attached to an aromatic ring is 1. The number of nitrogens with zero attached hydrogens (tertiary/aromatic N) is 2. The number of nitrogens with two attached hydrogens (primary N) is 1. The molecule has 0 radical (unpaired) electrons. The molecule has 0 amide bonds. The number of anilines is 1. The SMILES string of the molecule is Nc1n[nH]c2cncc(Br)c12. The number of fused-ring (bicyclic) bond motifs is 1. The van der Waals surface area contributed by atoms with Gasteiger partial charge in [-0.15, -0.1) is 0 Å². The van der Waals surface area contributed by atoms with Gasteiger partial charge in [0.15, 0.2) is 5.82 Å². The summed E-state index contributed by atoms with van der Waals surface area (Å²) in [5.41, 5.74) is 6.42. The zero-order valence-corrected chi connectivity index (χ0v) is 7.09. The van der Waals surface area contributed by atoms with Crippen LogP contribution in [0.25, 0.3) is 10.9 Å². The topological polar surface area (TPSA) is 67.6 Å². The van der Waals surface area contributed by atoms with Crippen LogP contribution >= 0.6 is 15.9 Å². The Morgan fingerprint density at radius 3 is 3.00 bits per heavy atom. The first-order chi connectivity index (χ1) is 5.29. The second-order valence-electron chi connectivity index (χ2n) is 2.15. The first kappa shape index (κ1) is 6.60. The Morgan fingerprint density at radius 2 is 2.27 bits per heavy atom. The Hall–Kier alpha value is -1.10. The first-order valence-electron chi connectivity index (χ1n) is 3.02. The molecule has 0 bridgehead atoms. The molecule has 3 N–H and O–H groups in total. The van der Waals surface area contributed by atoms with E-state index in [0.717, 1.165) is 15.4 Å². The van der Waals surface area contributed by atoms with Gasteiger partial charge in [0.2, 0.25) is 0 Å². The summed E-state index contributed by atoms with van der Waals surface area (Å²) in [7, 11) is 0. The number of pyridine rings is 1. The predicted molar refractivity (Wildman–Crippen MR) is 46.0 cm³/mol. The van der Waals surface area contributed by atoms with E-state index in [4.69, 9.17) is 5.73 Å². The second kappa shape index (κ2) is 2.20. The van der Waals surface area contributed by atoms with Gasteiger partial charge in [-0.3, -0.25) is 10.1 Å². The van der Waals surface area contributed by atoms with Crippen LogP contribution in [0.4, 0.5) is 5.82 Å². The summed E-state index contributed by atoms with van der Waals surface area (Å²) in [6.07, 6.45) is 3.37. The molecule has 0 saturated heterocycles. The van der Waals surface area contributed by atoms with Crippen molar-refractivity contribution in [1.82, 2.24) is 15.2 Å². The van der Waals surface area contributed by atoms with Crippen molar-refractivity contribution in [2.75, 3.05) is 5.73 Å². The Morgan fingerprint density at radius 1 is 1.45 bits per heavy atom. The van der Waals surface area contributed by atoms with Gasteiger partial charge in [-0.25, -0.2) is 0 Å². The fraction of sp³-hybridized carbons (Fsp3) is 0. The van der Waals surface area contributed by atoms with E-state index < -0.39 is 0 Å². The van der Waals surface area contributed by atoms with Crippen molar-refractivity contribution in [1.29, 1.82) is 0 Å². The van der Waals surface area contributed by atoms with E-state index in [2.05, 4.69) is 31.1 Å². The lowest BCUT2D eigenvalue weighted by atomic mass is 10.3. The summed E-state index contributed by atoms with van der Waals surface area (Å²) in [4.78, 5) is 3.95. The van der Waals surface area contributed by atoms with E-state index in [1.54, 1.807) is 12.4 Å². The number of aromatic amines is 1. The zero-order chi connectivity index (χ0) is 7.84. The van der Waals surface area contributed by atoms with Gasteiger partial charge < -0.3 is 5.73 Å². The third-order valence-corrected chi connectivity index (χ3v) is 2.05. The highest BCUT2D eigenvalue weighted by Crippen LogP contribution is 2.24. The number of halogens is 1. The van der Waals surface area contributed by atoms with E-state index in [9.17, 15) is 0 Å². The van der Waals surface area contributed by atoms with Crippen LogP contribution in [-0.4, -0.2) is 15.2 Å². The van der Waals surface area contributed by atoms with Gasteiger partial charge in [-0.1, -0.05) is 0 Å². The van der Waals surface area contributed by atoms with E-state index in [1.807, 2.05) is 0 Å². The Kier molecular flexibility index (Phi) is 1.32. The lowest BCUT2D eigenvalue weighted by Crippen LogP contribution is -1.84. The van der Waals surface area contributed by atoms with Crippen LogP contribution in [0.5, 0.6) is 0 Å². The normalized spacial score (nSPS) is 10.6. The van der Waals surface area contributed by atoms with Gasteiger partial charge in [-0.05, 0) is 15.9 Å². The molecule has 0 unspecified atom stereocenters. The number of nitrogens with one attached hydrogen (secondary N) is 1.